The second-order valence-corrected chi connectivity index (χ2v) is 6.00. The fraction of sp³-hybridized carbons (Fsp3) is 0.0667. The molecule has 0 saturated carbocycles. The largest absolute Gasteiger partial charge is 0.494 e. The molecule has 1 aromatic carbocycles. The molecular weight excluding hydrogens is 364 g/mol. The van der Waals surface area contributed by atoms with Gasteiger partial charge in [0.25, 0.3) is 11.1 Å². The molecule has 0 saturated heterocycles. The molecule has 25 heavy (non-hydrogen) atoms. The lowest BCUT2D eigenvalue weighted by molar-refractivity contribution is 0.431. The SMILES string of the molecule is O=c1[nH]c(=S)[nH]c(O)c1C(c1ccccc1)c1c(O)[nH]c(=S)[nH]c1=O. The molecule has 0 spiro atoms. The van der Waals surface area contributed by atoms with Crippen LogP contribution < -0.4 is 11.1 Å². The van der Waals surface area contributed by atoms with Crippen LogP contribution in [0.25, 0.3) is 0 Å². The molecule has 0 bridgehead atoms. The first-order chi connectivity index (χ1) is 11.9. The average molecular weight is 376 g/mol. The van der Waals surface area contributed by atoms with Crippen LogP contribution >= 0.6 is 24.4 Å². The van der Waals surface area contributed by atoms with Crippen molar-refractivity contribution in [3.8, 4) is 11.8 Å². The predicted octanol–water partition coefficient (Wildman–Crippen LogP) is 1.77. The molecule has 0 aliphatic rings. The molecule has 0 aliphatic carbocycles. The van der Waals surface area contributed by atoms with Crippen LogP contribution in [0, 0.1) is 9.54 Å². The Bertz CT molecular complexity index is 1090. The lowest BCUT2D eigenvalue weighted by Crippen LogP contribution is -2.25. The maximum atomic E-state index is 12.4. The summed E-state index contributed by atoms with van der Waals surface area (Å²) in [7, 11) is 0. The van der Waals surface area contributed by atoms with Gasteiger partial charge in [0.15, 0.2) is 21.3 Å². The van der Waals surface area contributed by atoms with Gasteiger partial charge in [0, 0.05) is 0 Å². The molecule has 3 rings (SSSR count). The van der Waals surface area contributed by atoms with Crippen molar-refractivity contribution in [2.45, 2.75) is 5.92 Å². The summed E-state index contributed by atoms with van der Waals surface area (Å²) in [6.07, 6.45) is 0. The Morgan fingerprint density at radius 3 is 1.60 bits per heavy atom. The minimum Gasteiger partial charge on any atom is -0.494 e. The van der Waals surface area contributed by atoms with Gasteiger partial charge in [-0.1, -0.05) is 30.3 Å². The molecule has 8 nitrogen and oxygen atoms in total. The Balaban J connectivity index is 2.42. The van der Waals surface area contributed by atoms with E-state index < -0.39 is 28.8 Å². The molecule has 0 radical (unpaired) electrons. The number of benzene rings is 1. The summed E-state index contributed by atoms with van der Waals surface area (Å²) in [5, 5.41) is 20.5. The van der Waals surface area contributed by atoms with Crippen LogP contribution in [0.2, 0.25) is 0 Å². The number of aromatic nitrogens is 4. The fourth-order valence-corrected chi connectivity index (χ4v) is 3.01. The van der Waals surface area contributed by atoms with E-state index in [1.54, 1.807) is 30.3 Å². The van der Waals surface area contributed by atoms with Crippen LogP contribution in [-0.2, 0) is 0 Å². The highest BCUT2D eigenvalue weighted by atomic mass is 32.1. The highest BCUT2D eigenvalue weighted by Crippen LogP contribution is 2.34. The minimum atomic E-state index is -1.06. The van der Waals surface area contributed by atoms with E-state index in [4.69, 9.17) is 24.4 Å². The molecule has 6 N–H and O–H groups in total. The molecule has 10 heteroatoms. The third-order valence-electron chi connectivity index (χ3n) is 3.63. The number of nitrogens with one attached hydrogen (secondary N) is 4. The van der Waals surface area contributed by atoms with Crippen LogP contribution in [0.15, 0.2) is 39.9 Å². The van der Waals surface area contributed by atoms with E-state index in [1.807, 2.05) is 0 Å². The van der Waals surface area contributed by atoms with Crippen molar-refractivity contribution in [3.63, 3.8) is 0 Å². The van der Waals surface area contributed by atoms with Gasteiger partial charge in [0.2, 0.25) is 0 Å². The van der Waals surface area contributed by atoms with Crippen molar-refractivity contribution in [2.75, 3.05) is 0 Å². The normalized spacial score (nSPS) is 10.9. The van der Waals surface area contributed by atoms with E-state index in [-0.39, 0.29) is 20.7 Å². The highest BCUT2D eigenvalue weighted by Gasteiger charge is 2.29. The van der Waals surface area contributed by atoms with Crippen molar-refractivity contribution in [2.24, 2.45) is 0 Å². The van der Waals surface area contributed by atoms with E-state index in [9.17, 15) is 19.8 Å². The van der Waals surface area contributed by atoms with Crippen molar-refractivity contribution in [1.82, 2.24) is 19.9 Å². The lowest BCUT2D eigenvalue weighted by Gasteiger charge is -2.18. The van der Waals surface area contributed by atoms with Gasteiger partial charge in [0.05, 0.1) is 17.0 Å². The van der Waals surface area contributed by atoms with Gasteiger partial charge in [-0.2, -0.15) is 0 Å². The van der Waals surface area contributed by atoms with Gasteiger partial charge in [-0.05, 0) is 30.0 Å². The maximum absolute atomic E-state index is 12.4. The minimum absolute atomic E-state index is 0.0661. The Kier molecular flexibility index (Phi) is 4.38. The van der Waals surface area contributed by atoms with Crippen molar-refractivity contribution >= 4 is 24.4 Å². The summed E-state index contributed by atoms with van der Waals surface area (Å²) in [5.41, 5.74) is -1.19. The highest BCUT2D eigenvalue weighted by molar-refractivity contribution is 7.71. The van der Waals surface area contributed by atoms with E-state index in [0.29, 0.717) is 5.56 Å². The first kappa shape index (κ1) is 16.9. The number of rotatable bonds is 3. The van der Waals surface area contributed by atoms with Crippen molar-refractivity contribution in [1.29, 1.82) is 0 Å². The molecule has 0 fully saturated rings. The molecule has 128 valence electrons. The predicted molar refractivity (Wildman–Crippen MR) is 95.2 cm³/mol. The average Bonchev–Trinajstić information content (AvgIpc) is 2.52. The Hall–Kier alpha value is -2.98. The molecule has 2 heterocycles. The molecule has 0 atom stereocenters. The van der Waals surface area contributed by atoms with Gasteiger partial charge in [0.1, 0.15) is 0 Å². The Morgan fingerprint density at radius 2 is 1.20 bits per heavy atom. The second-order valence-electron chi connectivity index (χ2n) is 5.18. The smallest absolute Gasteiger partial charge is 0.259 e. The number of aromatic amines is 4. The monoisotopic (exact) mass is 376 g/mol. The third-order valence-corrected chi connectivity index (χ3v) is 4.04. The van der Waals surface area contributed by atoms with Gasteiger partial charge >= 0.3 is 0 Å². The Labute approximate surface area is 149 Å². The first-order valence-electron chi connectivity index (χ1n) is 7.04. The molecule has 0 unspecified atom stereocenters. The summed E-state index contributed by atoms with van der Waals surface area (Å²) in [4.78, 5) is 34.4. The topological polar surface area (TPSA) is 138 Å². The first-order valence-corrected chi connectivity index (χ1v) is 7.86. The summed E-state index contributed by atoms with van der Waals surface area (Å²) < 4.78 is -0.132. The summed E-state index contributed by atoms with van der Waals surface area (Å²) in [6.45, 7) is 0. The van der Waals surface area contributed by atoms with E-state index in [0.717, 1.165) is 0 Å². The Morgan fingerprint density at radius 1 is 0.760 bits per heavy atom. The zero-order chi connectivity index (χ0) is 18.1. The summed E-state index contributed by atoms with van der Waals surface area (Å²) in [6, 6.07) is 8.48. The van der Waals surface area contributed by atoms with Crippen molar-refractivity contribution < 1.29 is 10.2 Å². The standard InChI is InChI=1S/C15H12N4O4S2/c20-10-8(11(21)17-14(24)16-10)7(6-4-2-1-3-5-6)9-12(22)18-15(25)19-13(9)23/h1-5,7H,(H3,16,17,20,21,24)(H3,18,19,22,23,25). The van der Waals surface area contributed by atoms with E-state index in [1.165, 1.54) is 0 Å². The number of aromatic hydroxyl groups is 2. The second kappa shape index (κ2) is 6.49. The van der Waals surface area contributed by atoms with Gasteiger partial charge in [-0.3, -0.25) is 19.6 Å². The number of H-pyrrole nitrogens is 4. The third kappa shape index (κ3) is 3.16. The van der Waals surface area contributed by atoms with Crippen LogP contribution in [-0.4, -0.2) is 30.1 Å². The summed E-state index contributed by atoms with van der Waals surface area (Å²) >= 11 is 9.65. The zero-order valence-corrected chi connectivity index (χ0v) is 14.1. The molecule has 2 aromatic heterocycles. The van der Waals surface area contributed by atoms with Crippen molar-refractivity contribution in [3.05, 3.63) is 77.3 Å². The lowest BCUT2D eigenvalue weighted by atomic mass is 9.87. The molecule has 0 aliphatic heterocycles. The van der Waals surface area contributed by atoms with Crippen LogP contribution in [0.3, 0.4) is 0 Å². The zero-order valence-electron chi connectivity index (χ0n) is 12.5. The van der Waals surface area contributed by atoms with E-state index >= 15 is 0 Å². The van der Waals surface area contributed by atoms with Crippen LogP contribution in [0.4, 0.5) is 0 Å². The number of hydrogen-bond donors (Lipinski definition) is 6. The fourth-order valence-electron chi connectivity index (χ4n) is 2.63. The molecule has 3 aromatic rings. The summed E-state index contributed by atoms with van der Waals surface area (Å²) in [5.74, 6) is -2.06. The van der Waals surface area contributed by atoms with Gasteiger partial charge in [-0.15, -0.1) is 0 Å². The van der Waals surface area contributed by atoms with E-state index in [2.05, 4.69) is 19.9 Å². The molecular formula is C15H12N4O4S2. The van der Waals surface area contributed by atoms with Crippen LogP contribution in [0.1, 0.15) is 22.6 Å². The molecule has 0 amide bonds. The number of hydrogen-bond acceptors (Lipinski definition) is 6. The van der Waals surface area contributed by atoms with Crippen LogP contribution in [0.5, 0.6) is 11.8 Å². The van der Waals surface area contributed by atoms with Gasteiger partial charge in [-0.25, -0.2) is 0 Å². The van der Waals surface area contributed by atoms with Gasteiger partial charge < -0.3 is 20.2 Å². The quantitative estimate of drug-likeness (QED) is 0.385. The maximum Gasteiger partial charge on any atom is 0.259 e.